The van der Waals surface area contributed by atoms with Gasteiger partial charge in [0.2, 0.25) is 0 Å². The van der Waals surface area contributed by atoms with Crippen LogP contribution in [0.25, 0.3) is 0 Å². The third kappa shape index (κ3) is 3.91. The highest BCUT2D eigenvalue weighted by molar-refractivity contribution is 5.34. The van der Waals surface area contributed by atoms with Crippen LogP contribution in [0.5, 0.6) is 5.75 Å². The van der Waals surface area contributed by atoms with Gasteiger partial charge in [-0.15, -0.1) is 13.2 Å². The van der Waals surface area contributed by atoms with Gasteiger partial charge in [0.1, 0.15) is 23.5 Å². The molecule has 0 fully saturated rings. The minimum atomic E-state index is -4.82. The Bertz CT molecular complexity index is 622. The zero-order chi connectivity index (χ0) is 15.6. The van der Waals surface area contributed by atoms with Gasteiger partial charge >= 0.3 is 6.36 Å². The summed E-state index contributed by atoms with van der Waals surface area (Å²) in [6, 6.07) is 6.96. The molecule has 2 nitrogen and oxygen atoms in total. The first-order valence-electron chi connectivity index (χ1n) is 5.75. The van der Waals surface area contributed by atoms with Crippen LogP contribution in [0.3, 0.4) is 0 Å². The molecule has 2 aromatic rings. The lowest BCUT2D eigenvalue weighted by molar-refractivity contribution is -0.274. The summed E-state index contributed by atoms with van der Waals surface area (Å²) in [5.41, 5.74) is -0.0316. The van der Waals surface area contributed by atoms with Crippen molar-refractivity contribution in [2.75, 3.05) is 0 Å². The molecule has 1 N–H and O–H groups in total. The second-order valence-electron chi connectivity index (χ2n) is 4.19. The van der Waals surface area contributed by atoms with Crippen LogP contribution in [-0.2, 0) is 0 Å². The highest BCUT2D eigenvalue weighted by Crippen LogP contribution is 2.28. The molecule has 2 rings (SSSR count). The molecule has 0 amide bonds. The summed E-state index contributed by atoms with van der Waals surface area (Å²) in [7, 11) is 0. The van der Waals surface area contributed by atoms with Crippen LogP contribution >= 0.6 is 0 Å². The minimum absolute atomic E-state index is 0.148. The number of rotatable bonds is 3. The van der Waals surface area contributed by atoms with Crippen molar-refractivity contribution >= 4 is 0 Å². The Kier molecular flexibility index (Phi) is 4.13. The van der Waals surface area contributed by atoms with Crippen molar-refractivity contribution in [3.8, 4) is 5.75 Å². The summed E-state index contributed by atoms with van der Waals surface area (Å²) in [6.45, 7) is 0. The smallest absolute Gasteiger partial charge is 0.406 e. The standard InChI is InChI=1S/C14H9F5O2/c15-9-3-6-11(12(16)7-9)13(20)8-1-4-10(5-2-8)21-14(17,18)19/h1-7,13,20H. The van der Waals surface area contributed by atoms with E-state index < -0.39 is 29.9 Å². The molecule has 0 saturated carbocycles. The quantitative estimate of drug-likeness (QED) is 0.870. The average molecular weight is 304 g/mol. The summed E-state index contributed by atoms with van der Waals surface area (Å²) >= 11 is 0. The predicted molar refractivity (Wildman–Crippen MR) is 63.5 cm³/mol. The first kappa shape index (κ1) is 15.2. The third-order valence-electron chi connectivity index (χ3n) is 2.69. The molecule has 21 heavy (non-hydrogen) atoms. The van der Waals surface area contributed by atoms with Gasteiger partial charge in [0.15, 0.2) is 0 Å². The zero-order valence-electron chi connectivity index (χ0n) is 10.4. The molecule has 0 aliphatic carbocycles. The Balaban J connectivity index is 2.22. The fourth-order valence-corrected chi connectivity index (χ4v) is 1.75. The van der Waals surface area contributed by atoms with Crippen LogP contribution in [-0.4, -0.2) is 11.5 Å². The van der Waals surface area contributed by atoms with E-state index in [0.29, 0.717) is 6.07 Å². The third-order valence-corrected chi connectivity index (χ3v) is 2.69. The molecule has 1 unspecified atom stereocenters. The monoisotopic (exact) mass is 304 g/mol. The van der Waals surface area contributed by atoms with Crippen molar-refractivity contribution in [3.63, 3.8) is 0 Å². The zero-order valence-corrected chi connectivity index (χ0v) is 10.4. The number of aliphatic hydroxyl groups excluding tert-OH is 1. The van der Waals surface area contributed by atoms with Crippen LogP contribution in [0.2, 0.25) is 0 Å². The Morgan fingerprint density at radius 3 is 2.10 bits per heavy atom. The van der Waals surface area contributed by atoms with Crippen molar-refractivity contribution in [1.82, 2.24) is 0 Å². The van der Waals surface area contributed by atoms with Crippen LogP contribution in [0.15, 0.2) is 42.5 Å². The van der Waals surface area contributed by atoms with Gasteiger partial charge in [0, 0.05) is 11.6 Å². The predicted octanol–water partition coefficient (Wildman–Crippen LogP) is 3.95. The van der Waals surface area contributed by atoms with Crippen molar-refractivity contribution in [2.45, 2.75) is 12.5 Å². The Morgan fingerprint density at radius 1 is 0.952 bits per heavy atom. The van der Waals surface area contributed by atoms with E-state index in [1.165, 1.54) is 0 Å². The van der Waals surface area contributed by atoms with E-state index in [-0.39, 0.29) is 11.1 Å². The van der Waals surface area contributed by atoms with E-state index in [2.05, 4.69) is 4.74 Å². The highest BCUT2D eigenvalue weighted by atomic mass is 19.4. The molecular weight excluding hydrogens is 295 g/mol. The van der Waals surface area contributed by atoms with E-state index in [9.17, 15) is 27.1 Å². The molecule has 0 spiro atoms. The van der Waals surface area contributed by atoms with Gasteiger partial charge < -0.3 is 9.84 Å². The van der Waals surface area contributed by atoms with Gasteiger partial charge in [-0.1, -0.05) is 18.2 Å². The fraction of sp³-hybridized carbons (Fsp3) is 0.143. The average Bonchev–Trinajstić information content (AvgIpc) is 2.37. The number of halogens is 5. The highest BCUT2D eigenvalue weighted by Gasteiger charge is 2.31. The topological polar surface area (TPSA) is 29.5 Å². The first-order chi connectivity index (χ1) is 9.76. The molecule has 7 heteroatoms. The summed E-state index contributed by atoms with van der Waals surface area (Å²) in [6.07, 6.45) is -6.24. The number of benzene rings is 2. The molecule has 0 radical (unpaired) electrons. The summed E-state index contributed by atoms with van der Waals surface area (Å²) < 4.78 is 66.0. The molecule has 0 aromatic heterocycles. The Hall–Kier alpha value is -2.15. The molecule has 0 aliphatic rings. The maximum absolute atomic E-state index is 13.5. The minimum Gasteiger partial charge on any atom is -0.406 e. The van der Waals surface area contributed by atoms with Crippen molar-refractivity contribution in [3.05, 3.63) is 65.2 Å². The first-order valence-corrected chi connectivity index (χ1v) is 5.75. The number of aliphatic hydroxyl groups is 1. The molecule has 0 heterocycles. The van der Waals surface area contributed by atoms with Crippen molar-refractivity contribution in [2.24, 2.45) is 0 Å². The lowest BCUT2D eigenvalue weighted by Crippen LogP contribution is -2.17. The molecule has 112 valence electrons. The molecule has 0 aliphatic heterocycles. The second kappa shape index (κ2) is 5.69. The Labute approximate surface area is 116 Å². The second-order valence-corrected chi connectivity index (χ2v) is 4.19. The van der Waals surface area contributed by atoms with E-state index >= 15 is 0 Å². The van der Waals surface area contributed by atoms with Crippen LogP contribution in [0.4, 0.5) is 22.0 Å². The van der Waals surface area contributed by atoms with Crippen molar-refractivity contribution in [1.29, 1.82) is 0 Å². The van der Waals surface area contributed by atoms with E-state index in [0.717, 1.165) is 36.4 Å². The molecule has 1 atom stereocenters. The van der Waals surface area contributed by atoms with Crippen LogP contribution in [0, 0.1) is 11.6 Å². The summed E-state index contributed by atoms with van der Waals surface area (Å²) in [5.74, 6) is -2.20. The van der Waals surface area contributed by atoms with Gasteiger partial charge in [-0.3, -0.25) is 0 Å². The number of alkyl halides is 3. The van der Waals surface area contributed by atoms with Gasteiger partial charge in [0.05, 0.1) is 0 Å². The molecular formula is C14H9F5O2. The van der Waals surface area contributed by atoms with Gasteiger partial charge in [0.25, 0.3) is 0 Å². The normalized spacial score (nSPS) is 13.0. The number of hydrogen-bond donors (Lipinski definition) is 1. The number of ether oxygens (including phenoxy) is 1. The lowest BCUT2D eigenvalue weighted by atomic mass is 10.0. The van der Waals surface area contributed by atoms with Crippen LogP contribution < -0.4 is 4.74 Å². The Morgan fingerprint density at radius 2 is 1.57 bits per heavy atom. The van der Waals surface area contributed by atoms with Crippen molar-refractivity contribution < 1.29 is 31.8 Å². The summed E-state index contributed by atoms with van der Waals surface area (Å²) in [5, 5.41) is 9.96. The fourth-order valence-electron chi connectivity index (χ4n) is 1.75. The SMILES string of the molecule is OC(c1ccc(OC(F)(F)F)cc1)c1ccc(F)cc1F. The molecule has 0 bridgehead atoms. The van der Waals surface area contributed by atoms with Gasteiger partial charge in [-0.25, -0.2) is 8.78 Å². The van der Waals surface area contributed by atoms with Gasteiger partial charge in [-0.05, 0) is 23.8 Å². The molecule has 0 saturated heterocycles. The summed E-state index contributed by atoms with van der Waals surface area (Å²) in [4.78, 5) is 0. The van der Waals surface area contributed by atoms with E-state index in [1.54, 1.807) is 0 Å². The maximum Gasteiger partial charge on any atom is 0.573 e. The number of hydrogen-bond acceptors (Lipinski definition) is 2. The maximum atomic E-state index is 13.5. The van der Waals surface area contributed by atoms with Crippen LogP contribution in [0.1, 0.15) is 17.2 Å². The van der Waals surface area contributed by atoms with E-state index in [4.69, 9.17) is 0 Å². The largest absolute Gasteiger partial charge is 0.573 e. The lowest BCUT2D eigenvalue weighted by Gasteiger charge is -2.14. The van der Waals surface area contributed by atoms with E-state index in [1.807, 2.05) is 0 Å². The van der Waals surface area contributed by atoms with Gasteiger partial charge in [-0.2, -0.15) is 0 Å². The molecule has 2 aromatic carbocycles.